The van der Waals surface area contributed by atoms with Crippen molar-refractivity contribution in [2.24, 2.45) is 5.73 Å². The van der Waals surface area contributed by atoms with Crippen molar-refractivity contribution in [2.45, 2.75) is 55.9 Å². The van der Waals surface area contributed by atoms with Crippen molar-refractivity contribution in [1.29, 1.82) is 0 Å². The summed E-state index contributed by atoms with van der Waals surface area (Å²) in [6.45, 7) is 0.731. The van der Waals surface area contributed by atoms with Crippen LogP contribution in [0.15, 0.2) is 54.9 Å². The van der Waals surface area contributed by atoms with Crippen LogP contribution in [-0.2, 0) is 27.4 Å². The van der Waals surface area contributed by atoms with Crippen molar-refractivity contribution in [2.75, 3.05) is 24.2 Å². The maximum atomic E-state index is 15.2. The average Bonchev–Trinajstić information content (AvgIpc) is 3.10. The predicted molar refractivity (Wildman–Crippen MR) is 159 cm³/mol. The lowest BCUT2D eigenvalue weighted by Gasteiger charge is -2.37. The van der Waals surface area contributed by atoms with E-state index in [1.54, 1.807) is 0 Å². The molecular formula is C30H31ClF5N5O3S. The standard InChI is InChI=1S/C30H31ClF5N5O3S/c31-23-9-6-17(12-25(23)33)27(18-11-19(14-38-13-18)30(34,35)36)28(37)29(42)40-26-5-1-4-24(32)22(26)8-7-21-15-39-20-3-2-10-45(43,44)41(21)16-20/h1,4-6,9,11-14,20-21,27-28,39H,2-3,7-8,10,15-16,37H2,(H,40,42)/t20?,21?,27-,28-/m0/s1. The molecule has 4 N–H and O–H groups in total. The number of nitrogens with zero attached hydrogens (tertiary/aromatic N) is 2. The van der Waals surface area contributed by atoms with E-state index in [2.05, 4.69) is 15.6 Å². The van der Waals surface area contributed by atoms with Gasteiger partial charge in [0.25, 0.3) is 0 Å². The molecule has 3 heterocycles. The molecule has 45 heavy (non-hydrogen) atoms. The number of nitrogens with two attached hydrogens (primary N) is 1. The van der Waals surface area contributed by atoms with Crippen LogP contribution in [-0.4, -0.2) is 60.6 Å². The molecule has 1 amide bonds. The fourth-order valence-electron chi connectivity index (χ4n) is 5.95. The third-order valence-electron chi connectivity index (χ3n) is 8.28. The first-order valence-corrected chi connectivity index (χ1v) is 16.3. The van der Waals surface area contributed by atoms with E-state index in [4.69, 9.17) is 17.3 Å². The smallest absolute Gasteiger partial charge is 0.324 e. The number of aromatic nitrogens is 1. The largest absolute Gasteiger partial charge is 0.417 e. The number of halogens is 6. The molecule has 1 aromatic heterocycles. The minimum absolute atomic E-state index is 0.0423. The minimum Gasteiger partial charge on any atom is -0.324 e. The molecular weight excluding hydrogens is 641 g/mol. The Kier molecular flexibility index (Phi) is 9.80. The zero-order chi connectivity index (χ0) is 32.5. The van der Waals surface area contributed by atoms with E-state index in [1.165, 1.54) is 34.6 Å². The molecule has 2 fully saturated rings. The monoisotopic (exact) mass is 671 g/mol. The highest BCUT2D eigenvalue weighted by atomic mass is 35.5. The summed E-state index contributed by atoms with van der Waals surface area (Å²) in [4.78, 5) is 17.2. The van der Waals surface area contributed by atoms with Gasteiger partial charge in [0.05, 0.1) is 22.4 Å². The molecule has 15 heteroatoms. The van der Waals surface area contributed by atoms with Gasteiger partial charge in [-0.05, 0) is 67.1 Å². The van der Waals surface area contributed by atoms with E-state index < -0.39 is 57.3 Å². The van der Waals surface area contributed by atoms with Gasteiger partial charge in [-0.15, -0.1) is 0 Å². The number of alkyl halides is 3. The van der Waals surface area contributed by atoms with Gasteiger partial charge in [0.2, 0.25) is 15.9 Å². The van der Waals surface area contributed by atoms with Crippen molar-refractivity contribution in [1.82, 2.24) is 14.6 Å². The lowest BCUT2D eigenvalue weighted by atomic mass is 9.85. The maximum Gasteiger partial charge on any atom is 0.417 e. The number of pyridine rings is 1. The summed E-state index contributed by atoms with van der Waals surface area (Å²) in [5.41, 5.74) is 5.41. The Hall–Kier alpha value is -3.17. The van der Waals surface area contributed by atoms with Crippen molar-refractivity contribution in [3.63, 3.8) is 0 Å². The highest BCUT2D eigenvalue weighted by molar-refractivity contribution is 7.89. The lowest BCUT2D eigenvalue weighted by molar-refractivity contribution is -0.137. The van der Waals surface area contributed by atoms with Crippen molar-refractivity contribution < 1.29 is 35.2 Å². The van der Waals surface area contributed by atoms with E-state index in [0.717, 1.165) is 24.8 Å². The summed E-state index contributed by atoms with van der Waals surface area (Å²) in [6.07, 6.45) is -1.40. The molecule has 5 atom stereocenters. The topological polar surface area (TPSA) is 117 Å². The number of rotatable bonds is 8. The Morgan fingerprint density at radius 2 is 1.91 bits per heavy atom. The van der Waals surface area contributed by atoms with E-state index in [1.807, 2.05) is 0 Å². The number of carbonyl (C=O) groups is 1. The Morgan fingerprint density at radius 3 is 2.64 bits per heavy atom. The van der Waals surface area contributed by atoms with Gasteiger partial charge in [-0.1, -0.05) is 23.7 Å². The molecule has 0 spiro atoms. The number of hydrogen-bond donors (Lipinski definition) is 3. The number of hydrogen-bond acceptors (Lipinski definition) is 6. The van der Waals surface area contributed by atoms with Crippen molar-refractivity contribution in [3.8, 4) is 0 Å². The van der Waals surface area contributed by atoms with Crippen molar-refractivity contribution in [3.05, 3.63) is 93.8 Å². The Balaban J connectivity index is 1.41. The van der Waals surface area contributed by atoms with Crippen LogP contribution >= 0.6 is 11.6 Å². The number of fused-ring (bicyclic) bond motifs is 2. The molecule has 0 aliphatic carbocycles. The van der Waals surface area contributed by atoms with Crippen LogP contribution in [0.5, 0.6) is 0 Å². The van der Waals surface area contributed by atoms with Crippen LogP contribution in [0.4, 0.5) is 27.6 Å². The molecule has 2 aliphatic heterocycles. The normalized spacial score (nSPS) is 22.7. The van der Waals surface area contributed by atoms with Gasteiger partial charge >= 0.3 is 6.18 Å². The molecule has 2 aromatic carbocycles. The highest BCUT2D eigenvalue weighted by Crippen LogP contribution is 2.35. The predicted octanol–water partition coefficient (Wildman–Crippen LogP) is 4.83. The SMILES string of the molecule is N[C@H](C(=O)Nc1cccc(F)c1CCC1CNC2CCCS(=O)(=O)N1C2)[C@H](c1cncc(C(F)(F)F)c1)c1ccc(Cl)c(F)c1. The van der Waals surface area contributed by atoms with E-state index in [-0.39, 0.29) is 52.0 Å². The quantitative estimate of drug-likeness (QED) is 0.296. The molecule has 2 saturated heterocycles. The molecule has 3 unspecified atom stereocenters. The van der Waals surface area contributed by atoms with Crippen LogP contribution in [0.3, 0.4) is 0 Å². The third-order valence-corrected chi connectivity index (χ3v) is 10.5. The van der Waals surface area contributed by atoms with Gasteiger partial charge in [0, 0.05) is 54.7 Å². The highest BCUT2D eigenvalue weighted by Gasteiger charge is 2.38. The molecule has 8 nitrogen and oxygen atoms in total. The summed E-state index contributed by atoms with van der Waals surface area (Å²) in [7, 11) is -3.47. The number of anilines is 1. The van der Waals surface area contributed by atoms with Crippen LogP contribution in [0.1, 0.15) is 47.4 Å². The first kappa shape index (κ1) is 33.2. The molecule has 5 rings (SSSR count). The maximum absolute atomic E-state index is 15.2. The van der Waals surface area contributed by atoms with Gasteiger partial charge in [-0.25, -0.2) is 17.2 Å². The summed E-state index contributed by atoms with van der Waals surface area (Å²) in [6, 6.07) is 6.38. The lowest BCUT2D eigenvalue weighted by Crippen LogP contribution is -2.57. The minimum atomic E-state index is -4.75. The summed E-state index contributed by atoms with van der Waals surface area (Å²) >= 11 is 5.81. The first-order chi connectivity index (χ1) is 21.2. The second-order valence-electron chi connectivity index (χ2n) is 11.3. The summed E-state index contributed by atoms with van der Waals surface area (Å²) in [5.74, 6) is -3.63. The number of nitrogens with one attached hydrogen (secondary N) is 2. The Morgan fingerprint density at radius 1 is 1.13 bits per heavy atom. The average molecular weight is 672 g/mol. The zero-order valence-corrected chi connectivity index (χ0v) is 25.4. The fourth-order valence-corrected chi connectivity index (χ4v) is 7.87. The molecule has 3 aromatic rings. The van der Waals surface area contributed by atoms with Crippen LogP contribution in [0.25, 0.3) is 0 Å². The first-order valence-electron chi connectivity index (χ1n) is 14.3. The van der Waals surface area contributed by atoms with Crippen molar-refractivity contribution >= 4 is 33.2 Å². The van der Waals surface area contributed by atoms with Gasteiger partial charge in [0.15, 0.2) is 0 Å². The summed E-state index contributed by atoms with van der Waals surface area (Å²) < 4.78 is 97.4. The van der Waals surface area contributed by atoms with Gasteiger partial charge < -0.3 is 16.4 Å². The Bertz CT molecular complexity index is 1680. The number of carbonyl (C=O) groups excluding carboxylic acids is 1. The molecule has 2 aliphatic rings. The molecule has 2 bridgehead atoms. The van der Waals surface area contributed by atoms with E-state index >= 15 is 4.39 Å². The Labute approximate surface area is 262 Å². The van der Waals surface area contributed by atoms with Gasteiger partial charge in [-0.3, -0.25) is 9.78 Å². The van der Waals surface area contributed by atoms with Crippen LogP contribution < -0.4 is 16.4 Å². The molecule has 0 radical (unpaired) electrons. The third kappa shape index (κ3) is 7.46. The second kappa shape index (κ2) is 13.3. The van der Waals surface area contributed by atoms with Gasteiger partial charge in [-0.2, -0.15) is 17.5 Å². The van der Waals surface area contributed by atoms with Crippen LogP contribution in [0, 0.1) is 11.6 Å². The second-order valence-corrected chi connectivity index (χ2v) is 13.7. The number of piperazine rings is 1. The number of benzene rings is 2. The van der Waals surface area contributed by atoms with E-state index in [9.17, 15) is 30.8 Å². The zero-order valence-electron chi connectivity index (χ0n) is 23.8. The summed E-state index contributed by atoms with van der Waals surface area (Å²) in [5, 5.41) is 5.71. The van der Waals surface area contributed by atoms with E-state index in [0.29, 0.717) is 25.7 Å². The molecule has 0 saturated carbocycles. The number of sulfonamides is 1. The fraction of sp³-hybridized carbons (Fsp3) is 0.400. The van der Waals surface area contributed by atoms with Crippen LogP contribution in [0.2, 0.25) is 5.02 Å². The molecule has 242 valence electrons. The number of amides is 1. The van der Waals surface area contributed by atoms with Gasteiger partial charge in [0.1, 0.15) is 11.6 Å².